The van der Waals surface area contributed by atoms with Gasteiger partial charge in [0.15, 0.2) is 0 Å². The number of aryl methyl sites for hydroxylation is 1. The van der Waals surface area contributed by atoms with Gasteiger partial charge in [-0.2, -0.15) is 0 Å². The van der Waals surface area contributed by atoms with Crippen molar-refractivity contribution in [3.63, 3.8) is 0 Å². The van der Waals surface area contributed by atoms with Gasteiger partial charge in [-0.25, -0.2) is 9.78 Å². The van der Waals surface area contributed by atoms with E-state index < -0.39 is 5.97 Å². The summed E-state index contributed by atoms with van der Waals surface area (Å²) in [5, 5.41) is 9.82. The summed E-state index contributed by atoms with van der Waals surface area (Å²) >= 11 is 1.21. The summed E-state index contributed by atoms with van der Waals surface area (Å²) in [6.45, 7) is 13.6. The van der Waals surface area contributed by atoms with Crippen LogP contribution in [-0.4, -0.2) is 16.1 Å². The van der Waals surface area contributed by atoms with Gasteiger partial charge in [-0.15, -0.1) is 11.3 Å². The molecule has 26 heavy (non-hydrogen) atoms. The average molecular weight is 370 g/mol. The quantitative estimate of drug-likeness (QED) is 0.715. The summed E-state index contributed by atoms with van der Waals surface area (Å²) in [7, 11) is 0. The van der Waals surface area contributed by atoms with Crippen LogP contribution in [0.15, 0.2) is 18.3 Å². The summed E-state index contributed by atoms with van der Waals surface area (Å²) in [6, 6.07) is 4.70. The number of nitrogens with zero attached hydrogens (tertiary/aromatic N) is 1. The van der Waals surface area contributed by atoms with Crippen LogP contribution >= 0.6 is 11.3 Å². The fraction of sp³-hybridized carbons (Fsp3) is 0.455. The zero-order valence-corrected chi connectivity index (χ0v) is 17.3. The van der Waals surface area contributed by atoms with Gasteiger partial charge in [-0.3, -0.25) is 0 Å². The molecule has 138 valence electrons. The molecule has 3 rings (SSSR count). The maximum absolute atomic E-state index is 11.1. The molecule has 0 spiro atoms. The van der Waals surface area contributed by atoms with Gasteiger partial charge < -0.3 is 5.11 Å². The standard InChI is InChI=1S/C22H27NO2S/c1-13-9-16-17(22(5,6)8-7-21(16,3)4)11-15(13)14(2)10-19-23-12-18(26-19)20(24)25/h9-12H,7-8H2,1-6H3,(H,24,25)/b14-10+. The number of thiazole rings is 1. The van der Waals surface area contributed by atoms with Crippen LogP contribution in [0.5, 0.6) is 0 Å². The van der Waals surface area contributed by atoms with Crippen molar-refractivity contribution in [3.8, 4) is 0 Å². The number of hydrogen-bond acceptors (Lipinski definition) is 3. The zero-order valence-electron chi connectivity index (χ0n) is 16.4. The van der Waals surface area contributed by atoms with E-state index >= 15 is 0 Å². The molecular formula is C22H27NO2S. The minimum absolute atomic E-state index is 0.172. The largest absolute Gasteiger partial charge is 0.477 e. The van der Waals surface area contributed by atoms with E-state index in [0.717, 1.165) is 10.6 Å². The van der Waals surface area contributed by atoms with Gasteiger partial charge in [-0.1, -0.05) is 39.8 Å². The third-order valence-corrected chi connectivity index (χ3v) is 6.63. The minimum Gasteiger partial charge on any atom is -0.477 e. The SMILES string of the molecule is C/C(=C\c1ncc(C(=O)O)s1)c1cc2c(cc1C)C(C)(C)CCC2(C)C. The molecule has 1 N–H and O–H groups in total. The van der Waals surface area contributed by atoms with Gasteiger partial charge in [0, 0.05) is 0 Å². The van der Waals surface area contributed by atoms with Crippen LogP contribution in [0.1, 0.15) is 84.4 Å². The highest BCUT2D eigenvalue weighted by molar-refractivity contribution is 7.14. The molecule has 1 aromatic carbocycles. The maximum Gasteiger partial charge on any atom is 0.347 e. The van der Waals surface area contributed by atoms with Crippen molar-refractivity contribution >= 4 is 29.0 Å². The van der Waals surface area contributed by atoms with Crippen molar-refractivity contribution in [1.82, 2.24) is 4.98 Å². The van der Waals surface area contributed by atoms with E-state index in [4.69, 9.17) is 5.11 Å². The first-order chi connectivity index (χ1) is 12.0. The Morgan fingerprint density at radius 3 is 2.27 bits per heavy atom. The van der Waals surface area contributed by atoms with E-state index in [-0.39, 0.29) is 15.7 Å². The lowest BCUT2D eigenvalue weighted by molar-refractivity contribution is 0.0702. The Morgan fingerprint density at radius 1 is 1.15 bits per heavy atom. The van der Waals surface area contributed by atoms with Gasteiger partial charge in [0.05, 0.1) is 6.20 Å². The lowest BCUT2D eigenvalue weighted by Crippen LogP contribution is -2.34. The third kappa shape index (κ3) is 3.35. The summed E-state index contributed by atoms with van der Waals surface area (Å²) in [5.41, 5.74) is 6.89. The van der Waals surface area contributed by atoms with E-state index in [1.54, 1.807) is 0 Å². The molecule has 0 saturated heterocycles. The lowest BCUT2D eigenvalue weighted by Gasteiger charge is -2.42. The van der Waals surface area contributed by atoms with Crippen molar-refractivity contribution in [2.45, 2.75) is 65.2 Å². The van der Waals surface area contributed by atoms with Crippen molar-refractivity contribution < 1.29 is 9.90 Å². The van der Waals surface area contributed by atoms with Gasteiger partial charge in [0.25, 0.3) is 0 Å². The monoisotopic (exact) mass is 369 g/mol. The Morgan fingerprint density at radius 2 is 1.73 bits per heavy atom. The average Bonchev–Trinajstić information content (AvgIpc) is 3.00. The number of carboxylic acids is 1. The van der Waals surface area contributed by atoms with Gasteiger partial charge in [0.2, 0.25) is 0 Å². The lowest BCUT2D eigenvalue weighted by atomic mass is 9.62. The normalized spacial score (nSPS) is 18.5. The first kappa shape index (κ1) is 18.8. The number of rotatable bonds is 3. The number of hydrogen-bond donors (Lipinski definition) is 1. The maximum atomic E-state index is 11.1. The van der Waals surface area contributed by atoms with E-state index in [9.17, 15) is 4.79 Å². The number of fused-ring (bicyclic) bond motifs is 1. The van der Waals surface area contributed by atoms with Crippen molar-refractivity contribution in [3.05, 3.63) is 50.5 Å². The Balaban J connectivity index is 2.08. The summed E-state index contributed by atoms with van der Waals surface area (Å²) in [5.74, 6) is -0.922. The second-order valence-electron chi connectivity index (χ2n) is 8.68. The highest BCUT2D eigenvalue weighted by Crippen LogP contribution is 2.47. The molecule has 0 fully saturated rings. The van der Waals surface area contributed by atoms with E-state index in [0.29, 0.717) is 0 Å². The molecule has 0 amide bonds. The molecule has 0 bridgehead atoms. The number of aromatic nitrogens is 1. The Hall–Kier alpha value is -1.94. The summed E-state index contributed by atoms with van der Waals surface area (Å²) in [4.78, 5) is 15.6. The van der Waals surface area contributed by atoms with Crippen molar-refractivity contribution in [1.29, 1.82) is 0 Å². The Kier molecular flexibility index (Phi) is 4.60. The van der Waals surface area contributed by atoms with Crippen LogP contribution in [0.3, 0.4) is 0 Å². The van der Waals surface area contributed by atoms with E-state index in [1.165, 1.54) is 52.6 Å². The molecule has 4 heteroatoms. The van der Waals surface area contributed by atoms with Crippen LogP contribution < -0.4 is 0 Å². The molecule has 1 heterocycles. The van der Waals surface area contributed by atoms with Crippen LogP contribution in [-0.2, 0) is 10.8 Å². The molecule has 0 aliphatic heterocycles. The highest BCUT2D eigenvalue weighted by Gasteiger charge is 2.37. The number of carboxylic acid groups (broad SMARTS) is 1. The fourth-order valence-corrected chi connectivity index (χ4v) is 4.62. The molecule has 1 aliphatic carbocycles. The number of allylic oxidation sites excluding steroid dienone is 1. The molecule has 2 aromatic rings. The third-order valence-electron chi connectivity index (χ3n) is 5.70. The van der Waals surface area contributed by atoms with Crippen LogP contribution in [0.25, 0.3) is 11.6 Å². The second kappa shape index (κ2) is 6.34. The molecule has 0 radical (unpaired) electrons. The smallest absolute Gasteiger partial charge is 0.347 e. The predicted molar refractivity (Wildman–Crippen MR) is 109 cm³/mol. The minimum atomic E-state index is -0.922. The second-order valence-corrected chi connectivity index (χ2v) is 9.74. The first-order valence-electron chi connectivity index (χ1n) is 9.05. The molecule has 0 unspecified atom stereocenters. The van der Waals surface area contributed by atoms with Gasteiger partial charge in [-0.05, 0) is 71.4 Å². The van der Waals surface area contributed by atoms with Crippen LogP contribution in [0.2, 0.25) is 0 Å². The van der Waals surface area contributed by atoms with E-state index in [1.807, 2.05) is 6.08 Å². The molecule has 0 saturated carbocycles. The topological polar surface area (TPSA) is 50.2 Å². The summed E-state index contributed by atoms with van der Waals surface area (Å²) < 4.78 is 0. The first-order valence-corrected chi connectivity index (χ1v) is 9.86. The molecule has 3 nitrogen and oxygen atoms in total. The molecular weight excluding hydrogens is 342 g/mol. The molecule has 0 atom stereocenters. The Bertz CT molecular complexity index is 903. The molecule has 1 aliphatic rings. The molecule has 1 aromatic heterocycles. The fourth-order valence-electron chi connectivity index (χ4n) is 3.86. The zero-order chi connectivity index (χ0) is 19.3. The van der Waals surface area contributed by atoms with Crippen LogP contribution in [0, 0.1) is 6.92 Å². The van der Waals surface area contributed by atoms with Gasteiger partial charge >= 0.3 is 5.97 Å². The van der Waals surface area contributed by atoms with E-state index in [2.05, 4.69) is 58.7 Å². The van der Waals surface area contributed by atoms with Crippen LogP contribution in [0.4, 0.5) is 0 Å². The highest BCUT2D eigenvalue weighted by atomic mass is 32.1. The number of carbonyl (C=O) groups is 1. The number of aromatic carboxylic acids is 1. The van der Waals surface area contributed by atoms with Gasteiger partial charge in [0.1, 0.15) is 9.88 Å². The number of benzene rings is 1. The van der Waals surface area contributed by atoms with Crippen molar-refractivity contribution in [2.75, 3.05) is 0 Å². The predicted octanol–water partition coefficient (Wildman–Crippen LogP) is 6.06. The Labute approximate surface area is 159 Å². The summed E-state index contributed by atoms with van der Waals surface area (Å²) in [6.07, 6.45) is 5.81. The van der Waals surface area contributed by atoms with Crippen molar-refractivity contribution in [2.24, 2.45) is 0 Å².